The predicted octanol–water partition coefficient (Wildman–Crippen LogP) is 1.28. The Morgan fingerprint density at radius 3 is 2.30 bits per heavy atom. The number of nitrogens with one attached hydrogen (secondary N) is 1. The van der Waals surface area contributed by atoms with Gasteiger partial charge in [-0.1, -0.05) is 6.92 Å². The van der Waals surface area contributed by atoms with Crippen molar-refractivity contribution in [1.82, 2.24) is 10.2 Å². The van der Waals surface area contributed by atoms with Crippen LogP contribution in [-0.2, 0) is 14.3 Å². The van der Waals surface area contributed by atoms with Gasteiger partial charge in [0.25, 0.3) is 0 Å². The Bertz CT molecular complexity index is 264. The second-order valence-corrected chi connectivity index (χ2v) is 5.27. The molecule has 2 atom stereocenters. The molecule has 2 unspecified atom stereocenters. The van der Waals surface area contributed by atoms with E-state index < -0.39 is 0 Å². The normalized spacial score (nSPS) is 22.8. The molecule has 0 spiro atoms. The Morgan fingerprint density at radius 1 is 1.20 bits per heavy atom. The third-order valence-corrected chi connectivity index (χ3v) is 3.77. The highest BCUT2D eigenvalue weighted by molar-refractivity contribution is 5.82. The SMILES string of the molecule is CCOCCN(CCOCC)C(=O)C1NCCCC1C. The zero-order chi connectivity index (χ0) is 14.8. The molecule has 0 bridgehead atoms. The summed E-state index contributed by atoms with van der Waals surface area (Å²) in [5.41, 5.74) is 0. The highest BCUT2D eigenvalue weighted by atomic mass is 16.5. The minimum Gasteiger partial charge on any atom is -0.380 e. The first-order chi connectivity index (χ1) is 9.70. The number of rotatable bonds is 9. The molecule has 5 heteroatoms. The number of hydrogen-bond acceptors (Lipinski definition) is 4. The van der Waals surface area contributed by atoms with Crippen molar-refractivity contribution in [2.45, 2.75) is 39.7 Å². The van der Waals surface area contributed by atoms with Crippen LogP contribution < -0.4 is 5.32 Å². The molecular weight excluding hydrogens is 256 g/mol. The summed E-state index contributed by atoms with van der Waals surface area (Å²) in [5.74, 6) is 0.592. The largest absolute Gasteiger partial charge is 0.380 e. The average Bonchev–Trinajstić information content (AvgIpc) is 2.46. The zero-order valence-electron chi connectivity index (χ0n) is 13.2. The van der Waals surface area contributed by atoms with Crippen molar-refractivity contribution >= 4 is 5.91 Å². The Hall–Kier alpha value is -0.650. The van der Waals surface area contributed by atoms with Crippen LogP contribution in [0.3, 0.4) is 0 Å². The van der Waals surface area contributed by atoms with E-state index in [1.54, 1.807) is 0 Å². The quantitative estimate of drug-likeness (QED) is 0.649. The summed E-state index contributed by atoms with van der Waals surface area (Å²) in [4.78, 5) is 14.5. The first-order valence-corrected chi connectivity index (χ1v) is 7.88. The molecule has 1 N–H and O–H groups in total. The molecule has 0 aromatic carbocycles. The van der Waals surface area contributed by atoms with E-state index in [4.69, 9.17) is 9.47 Å². The van der Waals surface area contributed by atoms with Crippen LogP contribution in [0.5, 0.6) is 0 Å². The standard InChI is InChI=1S/C15H30N2O3/c1-4-19-11-9-17(10-12-20-5-2)15(18)14-13(3)7-6-8-16-14/h13-14,16H,4-12H2,1-3H3. The van der Waals surface area contributed by atoms with Crippen molar-refractivity contribution in [3.8, 4) is 0 Å². The van der Waals surface area contributed by atoms with Gasteiger partial charge in [0.2, 0.25) is 5.91 Å². The van der Waals surface area contributed by atoms with Gasteiger partial charge in [0.05, 0.1) is 19.3 Å². The second-order valence-electron chi connectivity index (χ2n) is 5.27. The van der Waals surface area contributed by atoms with Crippen molar-refractivity contribution < 1.29 is 14.3 Å². The van der Waals surface area contributed by atoms with Crippen LogP contribution in [0, 0.1) is 5.92 Å². The lowest BCUT2D eigenvalue weighted by Crippen LogP contribution is -2.53. The smallest absolute Gasteiger partial charge is 0.240 e. The zero-order valence-corrected chi connectivity index (χ0v) is 13.2. The molecule has 0 aromatic heterocycles. The molecule has 1 saturated heterocycles. The fraction of sp³-hybridized carbons (Fsp3) is 0.933. The van der Waals surface area contributed by atoms with Crippen molar-refractivity contribution in [1.29, 1.82) is 0 Å². The van der Waals surface area contributed by atoms with Crippen molar-refractivity contribution in [3.05, 3.63) is 0 Å². The summed E-state index contributed by atoms with van der Waals surface area (Å²) >= 11 is 0. The van der Waals surface area contributed by atoms with E-state index in [1.165, 1.54) is 0 Å². The van der Waals surface area contributed by atoms with E-state index in [0.717, 1.165) is 19.4 Å². The lowest BCUT2D eigenvalue weighted by atomic mass is 9.92. The number of piperidine rings is 1. The van der Waals surface area contributed by atoms with Crippen LogP contribution in [0.25, 0.3) is 0 Å². The second kappa shape index (κ2) is 10.1. The number of hydrogen-bond donors (Lipinski definition) is 1. The van der Waals surface area contributed by atoms with E-state index in [1.807, 2.05) is 18.7 Å². The molecule has 1 heterocycles. The van der Waals surface area contributed by atoms with E-state index in [2.05, 4.69) is 12.2 Å². The first kappa shape index (κ1) is 17.4. The van der Waals surface area contributed by atoms with Gasteiger partial charge in [-0.25, -0.2) is 0 Å². The van der Waals surface area contributed by atoms with E-state index in [-0.39, 0.29) is 11.9 Å². The van der Waals surface area contributed by atoms with Gasteiger partial charge in [-0.3, -0.25) is 4.79 Å². The summed E-state index contributed by atoms with van der Waals surface area (Å²) in [6, 6.07) is -0.0491. The lowest BCUT2D eigenvalue weighted by Gasteiger charge is -2.33. The maximum Gasteiger partial charge on any atom is 0.240 e. The van der Waals surface area contributed by atoms with Crippen LogP contribution in [0.4, 0.5) is 0 Å². The molecule has 20 heavy (non-hydrogen) atoms. The van der Waals surface area contributed by atoms with Gasteiger partial charge >= 0.3 is 0 Å². The third-order valence-electron chi connectivity index (χ3n) is 3.77. The molecular formula is C15H30N2O3. The molecule has 1 aliphatic heterocycles. The topological polar surface area (TPSA) is 50.8 Å². The summed E-state index contributed by atoms with van der Waals surface area (Å²) in [5, 5.41) is 3.36. The minimum absolute atomic E-state index is 0.0491. The predicted molar refractivity (Wildman–Crippen MR) is 79.8 cm³/mol. The maximum absolute atomic E-state index is 12.6. The van der Waals surface area contributed by atoms with Gasteiger partial charge in [0, 0.05) is 26.3 Å². The number of carbonyl (C=O) groups excluding carboxylic acids is 1. The Labute approximate surface area is 123 Å². The van der Waals surface area contributed by atoms with Gasteiger partial charge < -0.3 is 19.7 Å². The highest BCUT2D eigenvalue weighted by Gasteiger charge is 2.30. The molecule has 1 aliphatic rings. The fourth-order valence-corrected chi connectivity index (χ4v) is 2.55. The van der Waals surface area contributed by atoms with Gasteiger partial charge in [0.1, 0.15) is 0 Å². The molecule has 5 nitrogen and oxygen atoms in total. The Balaban J connectivity index is 2.51. The monoisotopic (exact) mass is 286 g/mol. The van der Waals surface area contributed by atoms with Gasteiger partial charge in [-0.2, -0.15) is 0 Å². The van der Waals surface area contributed by atoms with E-state index in [9.17, 15) is 4.79 Å². The van der Waals surface area contributed by atoms with Gasteiger partial charge in [0.15, 0.2) is 0 Å². The summed E-state index contributed by atoms with van der Waals surface area (Å²) < 4.78 is 10.8. The van der Waals surface area contributed by atoms with Crippen molar-refractivity contribution in [2.75, 3.05) is 46.1 Å². The third kappa shape index (κ3) is 5.77. The Kier molecular flexibility index (Phi) is 8.82. The summed E-state index contributed by atoms with van der Waals surface area (Å²) in [7, 11) is 0. The van der Waals surface area contributed by atoms with Gasteiger partial charge in [-0.15, -0.1) is 0 Å². The van der Waals surface area contributed by atoms with Crippen LogP contribution in [0.2, 0.25) is 0 Å². The number of amides is 1. The van der Waals surface area contributed by atoms with Crippen LogP contribution in [0.15, 0.2) is 0 Å². The van der Waals surface area contributed by atoms with E-state index in [0.29, 0.717) is 45.4 Å². The Morgan fingerprint density at radius 2 is 1.80 bits per heavy atom. The van der Waals surface area contributed by atoms with Crippen LogP contribution in [-0.4, -0.2) is 62.9 Å². The highest BCUT2D eigenvalue weighted by Crippen LogP contribution is 2.17. The van der Waals surface area contributed by atoms with Crippen LogP contribution in [0.1, 0.15) is 33.6 Å². The molecule has 1 amide bonds. The molecule has 1 fully saturated rings. The number of carbonyl (C=O) groups is 1. The molecule has 118 valence electrons. The van der Waals surface area contributed by atoms with Gasteiger partial charge in [-0.05, 0) is 39.2 Å². The molecule has 0 radical (unpaired) electrons. The summed E-state index contributed by atoms with van der Waals surface area (Å²) in [6.45, 7) is 10.9. The maximum atomic E-state index is 12.6. The minimum atomic E-state index is -0.0491. The summed E-state index contributed by atoms with van der Waals surface area (Å²) in [6.07, 6.45) is 2.27. The molecule has 0 saturated carbocycles. The number of ether oxygens (including phenoxy) is 2. The van der Waals surface area contributed by atoms with Crippen LogP contribution >= 0.6 is 0 Å². The fourth-order valence-electron chi connectivity index (χ4n) is 2.55. The van der Waals surface area contributed by atoms with Crippen molar-refractivity contribution in [3.63, 3.8) is 0 Å². The molecule has 0 aromatic rings. The molecule has 0 aliphatic carbocycles. The van der Waals surface area contributed by atoms with Crippen molar-refractivity contribution in [2.24, 2.45) is 5.92 Å². The average molecular weight is 286 g/mol. The molecule has 1 rings (SSSR count). The number of nitrogens with zero attached hydrogens (tertiary/aromatic N) is 1. The first-order valence-electron chi connectivity index (χ1n) is 7.88. The lowest BCUT2D eigenvalue weighted by molar-refractivity contribution is -0.136. The van der Waals surface area contributed by atoms with E-state index >= 15 is 0 Å².